The molecular weight excluding hydrogens is 306 g/mol. The van der Waals surface area contributed by atoms with Gasteiger partial charge in [0.1, 0.15) is 11.3 Å². The van der Waals surface area contributed by atoms with Crippen LogP contribution >= 0.6 is 0 Å². The normalized spacial score (nSPS) is 16.2. The maximum absolute atomic E-state index is 12.4. The minimum Gasteiger partial charge on any atom is -0.439 e. The number of ether oxygens (including phenoxy) is 1. The number of carbonyl (C=O) groups excluding carboxylic acids is 2. The number of carbonyl (C=O) groups is 2. The summed E-state index contributed by atoms with van der Waals surface area (Å²) in [6, 6.07) is 8.47. The topological polar surface area (TPSA) is 71.5 Å². The highest BCUT2D eigenvalue weighted by atomic mass is 16.5. The third kappa shape index (κ3) is 2.82. The highest BCUT2D eigenvalue weighted by Crippen LogP contribution is 2.28. The predicted octanol–water partition coefficient (Wildman–Crippen LogP) is 3.33. The zero-order chi connectivity index (χ0) is 17.5. The van der Waals surface area contributed by atoms with Gasteiger partial charge in [-0.25, -0.2) is 14.7 Å². The average molecular weight is 325 g/mol. The number of nitrogens with zero attached hydrogens (tertiary/aromatic N) is 2. The Kier molecular flexibility index (Phi) is 3.75. The molecule has 6 nitrogen and oxygen atoms in total. The van der Waals surface area contributed by atoms with Crippen LogP contribution in [0.3, 0.4) is 0 Å². The van der Waals surface area contributed by atoms with Crippen LogP contribution in [0.5, 0.6) is 11.6 Å². The summed E-state index contributed by atoms with van der Waals surface area (Å²) >= 11 is 0. The van der Waals surface area contributed by atoms with Crippen LogP contribution in [0, 0.1) is 13.8 Å². The van der Waals surface area contributed by atoms with Crippen LogP contribution in [0.25, 0.3) is 0 Å². The van der Waals surface area contributed by atoms with Gasteiger partial charge in [-0.1, -0.05) is 6.07 Å². The molecule has 1 aliphatic rings. The molecule has 1 aromatic heterocycles. The van der Waals surface area contributed by atoms with Crippen LogP contribution in [0.2, 0.25) is 0 Å². The van der Waals surface area contributed by atoms with Crippen molar-refractivity contribution in [1.82, 2.24) is 10.3 Å². The highest BCUT2D eigenvalue weighted by molar-refractivity contribution is 6.23. The summed E-state index contributed by atoms with van der Waals surface area (Å²) in [5.74, 6) is 0.664. The zero-order valence-electron chi connectivity index (χ0n) is 14.1. The lowest BCUT2D eigenvalue weighted by Crippen LogP contribution is -2.40. The van der Waals surface area contributed by atoms with E-state index in [-0.39, 0.29) is 5.91 Å². The average Bonchev–Trinajstić information content (AvgIpc) is 2.71. The molecule has 1 aliphatic heterocycles. The van der Waals surface area contributed by atoms with Gasteiger partial charge in [0.05, 0.1) is 5.69 Å². The van der Waals surface area contributed by atoms with Crippen molar-refractivity contribution in [2.45, 2.75) is 33.2 Å². The van der Waals surface area contributed by atoms with Crippen LogP contribution in [0.4, 0.5) is 10.5 Å². The first-order valence-corrected chi connectivity index (χ1v) is 7.66. The number of aromatic nitrogens is 1. The van der Waals surface area contributed by atoms with E-state index in [0.29, 0.717) is 17.3 Å². The van der Waals surface area contributed by atoms with Crippen molar-refractivity contribution < 1.29 is 14.3 Å². The minimum absolute atomic E-state index is 0.309. The first kappa shape index (κ1) is 16.0. The van der Waals surface area contributed by atoms with Gasteiger partial charge in [0.15, 0.2) is 0 Å². The van der Waals surface area contributed by atoms with Gasteiger partial charge in [0.25, 0.3) is 5.91 Å². The van der Waals surface area contributed by atoms with Crippen LogP contribution in [-0.4, -0.2) is 22.5 Å². The molecule has 3 amide bonds. The first-order chi connectivity index (χ1) is 11.3. The van der Waals surface area contributed by atoms with Crippen molar-refractivity contribution in [3.63, 3.8) is 0 Å². The van der Waals surface area contributed by atoms with E-state index >= 15 is 0 Å². The molecule has 0 radical (unpaired) electrons. The molecule has 1 aromatic carbocycles. The molecule has 24 heavy (non-hydrogen) atoms. The highest BCUT2D eigenvalue weighted by Gasteiger charge is 2.45. The first-order valence-electron chi connectivity index (χ1n) is 7.66. The quantitative estimate of drug-likeness (QED) is 0.879. The smallest absolute Gasteiger partial charge is 0.329 e. The molecule has 3 rings (SSSR count). The Morgan fingerprint density at radius 3 is 2.46 bits per heavy atom. The Morgan fingerprint density at radius 1 is 1.08 bits per heavy atom. The summed E-state index contributed by atoms with van der Waals surface area (Å²) in [4.78, 5) is 29.7. The fraction of sp³-hybridized carbons (Fsp3) is 0.278. The van der Waals surface area contributed by atoms with Crippen LogP contribution in [0.1, 0.15) is 25.0 Å². The molecule has 0 atom stereocenters. The Balaban J connectivity index is 1.88. The largest absolute Gasteiger partial charge is 0.439 e. The molecule has 0 aliphatic carbocycles. The van der Waals surface area contributed by atoms with E-state index in [4.69, 9.17) is 4.74 Å². The maximum atomic E-state index is 12.4. The summed E-state index contributed by atoms with van der Waals surface area (Å²) < 4.78 is 5.76. The monoisotopic (exact) mass is 325 g/mol. The molecular formula is C18H19N3O3. The number of hydrogen-bond acceptors (Lipinski definition) is 4. The summed E-state index contributed by atoms with van der Waals surface area (Å²) in [5, 5.41) is 2.65. The zero-order valence-corrected chi connectivity index (χ0v) is 14.1. The molecule has 6 heteroatoms. The van der Waals surface area contributed by atoms with Crippen LogP contribution in [-0.2, 0) is 4.79 Å². The van der Waals surface area contributed by atoms with Crippen molar-refractivity contribution in [2.24, 2.45) is 0 Å². The van der Waals surface area contributed by atoms with Gasteiger partial charge >= 0.3 is 6.03 Å². The number of pyridine rings is 1. The minimum atomic E-state index is -0.921. The lowest BCUT2D eigenvalue weighted by atomic mass is 10.1. The standard InChI is InChI=1S/C18H19N3O3/c1-11-5-6-14(9-12(11)2)24-15-10-13(7-8-19-15)21-16(22)18(3,4)20-17(21)23/h5-10H,1-4H3,(H,20,23). The van der Waals surface area contributed by atoms with E-state index in [9.17, 15) is 9.59 Å². The second-order valence-electron chi connectivity index (χ2n) is 6.40. The van der Waals surface area contributed by atoms with Crippen LogP contribution < -0.4 is 15.0 Å². The maximum Gasteiger partial charge on any atom is 0.329 e. The molecule has 0 unspecified atom stereocenters. The van der Waals surface area contributed by atoms with Crippen molar-refractivity contribution in [1.29, 1.82) is 0 Å². The number of hydrogen-bond donors (Lipinski definition) is 1. The van der Waals surface area contributed by atoms with Crippen molar-refractivity contribution in [3.8, 4) is 11.6 Å². The number of urea groups is 1. The predicted molar refractivity (Wildman–Crippen MR) is 90.3 cm³/mol. The van der Waals surface area contributed by atoms with E-state index < -0.39 is 11.6 Å². The Hall–Kier alpha value is -2.89. The van der Waals surface area contributed by atoms with Crippen LogP contribution in [0.15, 0.2) is 36.5 Å². The summed E-state index contributed by atoms with van der Waals surface area (Å²) in [6.07, 6.45) is 1.51. The Labute approximate surface area is 140 Å². The van der Waals surface area contributed by atoms with E-state index in [1.54, 1.807) is 26.0 Å². The number of amides is 3. The van der Waals surface area contributed by atoms with Gasteiger partial charge in [0.2, 0.25) is 5.88 Å². The van der Waals surface area contributed by atoms with E-state index in [2.05, 4.69) is 10.3 Å². The molecule has 1 N–H and O–H groups in total. The number of anilines is 1. The molecule has 0 spiro atoms. The summed E-state index contributed by atoms with van der Waals surface area (Å²) in [7, 11) is 0. The second-order valence-corrected chi connectivity index (χ2v) is 6.40. The molecule has 124 valence electrons. The van der Waals surface area contributed by atoms with E-state index in [1.165, 1.54) is 11.8 Å². The third-order valence-electron chi connectivity index (χ3n) is 4.04. The molecule has 2 heterocycles. The molecule has 0 bridgehead atoms. The summed E-state index contributed by atoms with van der Waals surface area (Å²) in [6.45, 7) is 7.36. The van der Waals surface area contributed by atoms with Gasteiger partial charge < -0.3 is 10.1 Å². The Morgan fingerprint density at radius 2 is 1.83 bits per heavy atom. The lowest BCUT2D eigenvalue weighted by Gasteiger charge is -2.16. The molecule has 1 saturated heterocycles. The Bertz CT molecular complexity index is 830. The van der Waals surface area contributed by atoms with Crippen molar-refractivity contribution >= 4 is 17.6 Å². The SMILES string of the molecule is Cc1ccc(Oc2cc(N3C(=O)NC(C)(C)C3=O)ccn2)cc1C. The fourth-order valence-electron chi connectivity index (χ4n) is 2.47. The van der Waals surface area contributed by atoms with Crippen molar-refractivity contribution in [3.05, 3.63) is 47.7 Å². The van der Waals surface area contributed by atoms with Crippen molar-refractivity contribution in [2.75, 3.05) is 4.90 Å². The molecule has 2 aromatic rings. The second kappa shape index (κ2) is 5.63. The van der Waals surface area contributed by atoms with Gasteiger partial charge in [0, 0.05) is 12.3 Å². The molecule has 1 fully saturated rings. The number of aryl methyl sites for hydroxylation is 2. The number of imide groups is 1. The van der Waals surface area contributed by atoms with E-state index in [1.807, 2.05) is 32.0 Å². The number of rotatable bonds is 3. The number of nitrogens with one attached hydrogen (secondary N) is 1. The molecule has 0 saturated carbocycles. The number of benzene rings is 1. The van der Waals surface area contributed by atoms with E-state index in [0.717, 1.165) is 10.5 Å². The lowest BCUT2D eigenvalue weighted by molar-refractivity contribution is -0.121. The third-order valence-corrected chi connectivity index (χ3v) is 4.04. The van der Waals surface area contributed by atoms with Gasteiger partial charge in [-0.15, -0.1) is 0 Å². The fourth-order valence-corrected chi connectivity index (χ4v) is 2.47. The van der Waals surface area contributed by atoms with Gasteiger partial charge in [-0.2, -0.15) is 0 Å². The summed E-state index contributed by atoms with van der Waals surface area (Å²) in [5.41, 5.74) is 1.79. The van der Waals surface area contributed by atoms with Gasteiger partial charge in [-0.05, 0) is 57.0 Å². The van der Waals surface area contributed by atoms with Gasteiger partial charge in [-0.3, -0.25) is 4.79 Å².